The Labute approximate surface area is 135 Å². The van der Waals surface area contributed by atoms with Crippen LogP contribution in [0.3, 0.4) is 0 Å². The number of hydrogen-bond acceptors (Lipinski definition) is 5. The van der Waals surface area contributed by atoms with Gasteiger partial charge in [-0.3, -0.25) is 0 Å². The fourth-order valence-corrected chi connectivity index (χ4v) is 5.02. The van der Waals surface area contributed by atoms with Gasteiger partial charge in [-0.05, 0) is 30.7 Å². The van der Waals surface area contributed by atoms with E-state index in [4.69, 9.17) is 0 Å². The van der Waals surface area contributed by atoms with Crippen molar-refractivity contribution >= 4 is 26.9 Å². The summed E-state index contributed by atoms with van der Waals surface area (Å²) in [5, 5.41) is 1.02. The lowest BCUT2D eigenvalue weighted by Gasteiger charge is -2.22. The first-order valence-electron chi connectivity index (χ1n) is 7.98. The molecule has 2 aromatic rings. The number of rotatable bonds is 5. The Morgan fingerprint density at radius 2 is 2.09 bits per heavy atom. The monoisotopic (exact) mass is 335 g/mol. The Morgan fingerprint density at radius 3 is 2.78 bits per heavy atom. The zero-order valence-electron chi connectivity index (χ0n) is 13.3. The van der Waals surface area contributed by atoms with Crippen molar-refractivity contribution in [2.24, 2.45) is 17.8 Å². The molecule has 8 heteroatoms. The van der Waals surface area contributed by atoms with Crippen molar-refractivity contribution in [3.8, 4) is 0 Å². The van der Waals surface area contributed by atoms with Crippen LogP contribution in [-0.4, -0.2) is 60.1 Å². The van der Waals surface area contributed by atoms with Gasteiger partial charge in [-0.15, -0.1) is 0 Å². The van der Waals surface area contributed by atoms with E-state index in [1.165, 1.54) is 0 Å². The molecule has 7 nitrogen and oxygen atoms in total. The molecule has 1 aliphatic carbocycles. The Balaban J connectivity index is 1.43. The number of hydrogen-bond donors (Lipinski definition) is 1. The number of H-pyrrole nitrogens is 1. The van der Waals surface area contributed by atoms with Crippen molar-refractivity contribution in [3.63, 3.8) is 0 Å². The number of piperidine rings is 1. The lowest BCUT2D eigenvalue weighted by atomic mass is 10.2. The summed E-state index contributed by atoms with van der Waals surface area (Å²) in [6.07, 6.45) is 3.45. The number of fused-ring (bicyclic) bond motifs is 2. The molecule has 2 aromatic heterocycles. The molecule has 1 aliphatic heterocycles. The first-order chi connectivity index (χ1) is 11.0. The second-order valence-electron chi connectivity index (χ2n) is 6.53. The van der Waals surface area contributed by atoms with Crippen LogP contribution in [0.15, 0.2) is 18.6 Å². The maximum absolute atomic E-state index is 11.9. The van der Waals surface area contributed by atoms with Crippen molar-refractivity contribution in [2.45, 2.75) is 6.92 Å². The van der Waals surface area contributed by atoms with E-state index < -0.39 is 10.0 Å². The fourth-order valence-electron chi connectivity index (χ4n) is 3.86. The van der Waals surface area contributed by atoms with Gasteiger partial charge >= 0.3 is 0 Å². The molecule has 1 N–H and O–H groups in total. The minimum atomic E-state index is -3.03. The summed E-state index contributed by atoms with van der Waals surface area (Å²) in [7, 11) is -0.986. The summed E-state index contributed by atoms with van der Waals surface area (Å²) in [5.74, 6) is 2.69. The topological polar surface area (TPSA) is 82.2 Å². The van der Waals surface area contributed by atoms with E-state index in [0.717, 1.165) is 23.4 Å². The maximum atomic E-state index is 11.9. The third kappa shape index (κ3) is 2.40. The zero-order chi connectivity index (χ0) is 16.2. The number of anilines is 1. The molecule has 0 amide bonds. The number of nitrogens with zero attached hydrogens (tertiary/aromatic N) is 4. The second kappa shape index (κ2) is 5.17. The molecule has 0 unspecified atom stereocenters. The highest BCUT2D eigenvalue weighted by Crippen LogP contribution is 2.52. The smallest absolute Gasteiger partial charge is 0.213 e. The molecule has 0 radical (unpaired) electrons. The molecule has 2 aliphatic rings. The van der Waals surface area contributed by atoms with Gasteiger partial charge in [0.25, 0.3) is 0 Å². The van der Waals surface area contributed by atoms with Crippen LogP contribution in [0.1, 0.15) is 6.92 Å². The Kier molecular flexibility index (Phi) is 3.35. The molecular formula is C15H21N5O2S. The molecule has 4 rings (SSSR count). The molecule has 0 aromatic carbocycles. The minimum Gasteiger partial charge on any atom is -0.359 e. The van der Waals surface area contributed by atoms with Gasteiger partial charge in [-0.25, -0.2) is 22.7 Å². The predicted molar refractivity (Wildman–Crippen MR) is 88.7 cm³/mol. The number of aromatic amines is 1. The van der Waals surface area contributed by atoms with E-state index in [1.54, 1.807) is 17.6 Å². The van der Waals surface area contributed by atoms with Crippen LogP contribution in [-0.2, 0) is 10.0 Å². The first-order valence-corrected chi connectivity index (χ1v) is 9.59. The fraction of sp³-hybridized carbons (Fsp3) is 0.600. The third-order valence-corrected chi connectivity index (χ3v) is 7.09. The van der Waals surface area contributed by atoms with E-state index in [9.17, 15) is 8.42 Å². The predicted octanol–water partition coefficient (Wildman–Crippen LogP) is 0.922. The average molecular weight is 335 g/mol. The van der Waals surface area contributed by atoms with Crippen LogP contribution < -0.4 is 4.90 Å². The van der Waals surface area contributed by atoms with Gasteiger partial charge in [-0.2, -0.15) is 0 Å². The van der Waals surface area contributed by atoms with Crippen molar-refractivity contribution in [3.05, 3.63) is 18.6 Å². The summed E-state index contributed by atoms with van der Waals surface area (Å²) >= 11 is 0. The summed E-state index contributed by atoms with van der Waals surface area (Å²) in [5.41, 5.74) is 0.845. The molecule has 0 bridgehead atoms. The first kappa shape index (κ1) is 14.9. The van der Waals surface area contributed by atoms with Crippen molar-refractivity contribution < 1.29 is 8.42 Å². The van der Waals surface area contributed by atoms with Gasteiger partial charge in [0.1, 0.15) is 17.8 Å². The SMILES string of the molecule is CCS(=O)(=O)N1C[C@@H]2[C@@H](CN(C)c3ncnc4[nH]ccc34)[C@@H]2C1. The largest absolute Gasteiger partial charge is 0.359 e. The lowest BCUT2D eigenvalue weighted by Crippen LogP contribution is -2.34. The Bertz CT molecular complexity index is 821. The lowest BCUT2D eigenvalue weighted by molar-refractivity contribution is 0.413. The van der Waals surface area contributed by atoms with E-state index >= 15 is 0 Å². The second-order valence-corrected chi connectivity index (χ2v) is 8.78. The minimum absolute atomic E-state index is 0.198. The molecule has 0 spiro atoms. The van der Waals surface area contributed by atoms with Crippen molar-refractivity contribution in [2.75, 3.05) is 37.3 Å². The number of sulfonamides is 1. The molecule has 2 fully saturated rings. The van der Waals surface area contributed by atoms with E-state index in [2.05, 4.69) is 19.9 Å². The van der Waals surface area contributed by atoms with Crippen LogP contribution in [0.25, 0.3) is 11.0 Å². The summed E-state index contributed by atoms with van der Waals surface area (Å²) in [6, 6.07) is 1.99. The summed E-state index contributed by atoms with van der Waals surface area (Å²) < 4.78 is 25.5. The van der Waals surface area contributed by atoms with Gasteiger partial charge in [-0.1, -0.05) is 0 Å². The number of nitrogens with one attached hydrogen (secondary N) is 1. The quantitative estimate of drug-likeness (QED) is 0.879. The van der Waals surface area contributed by atoms with E-state index in [1.807, 2.05) is 19.3 Å². The van der Waals surface area contributed by atoms with E-state index in [0.29, 0.717) is 30.8 Å². The highest BCUT2D eigenvalue weighted by molar-refractivity contribution is 7.89. The highest BCUT2D eigenvalue weighted by Gasteiger charge is 2.57. The molecule has 1 saturated heterocycles. The summed E-state index contributed by atoms with van der Waals surface area (Å²) in [6.45, 7) is 3.99. The maximum Gasteiger partial charge on any atom is 0.213 e. The van der Waals surface area contributed by atoms with Crippen LogP contribution in [0, 0.1) is 17.8 Å². The number of aromatic nitrogens is 3. The zero-order valence-corrected chi connectivity index (χ0v) is 14.1. The molecular weight excluding hydrogens is 314 g/mol. The Morgan fingerprint density at radius 1 is 1.35 bits per heavy atom. The van der Waals surface area contributed by atoms with Crippen LogP contribution >= 0.6 is 0 Å². The molecule has 23 heavy (non-hydrogen) atoms. The van der Waals surface area contributed by atoms with Gasteiger partial charge in [0.2, 0.25) is 10.0 Å². The van der Waals surface area contributed by atoms with Crippen molar-refractivity contribution in [1.82, 2.24) is 19.3 Å². The molecule has 124 valence electrons. The molecule has 3 atom stereocenters. The van der Waals surface area contributed by atoms with Gasteiger partial charge in [0.05, 0.1) is 11.1 Å². The van der Waals surface area contributed by atoms with Gasteiger partial charge in [0.15, 0.2) is 0 Å². The normalized spacial score (nSPS) is 27.3. The average Bonchev–Trinajstić information content (AvgIpc) is 2.97. The third-order valence-electron chi connectivity index (χ3n) is 5.28. The van der Waals surface area contributed by atoms with Gasteiger partial charge < -0.3 is 9.88 Å². The van der Waals surface area contributed by atoms with Gasteiger partial charge in [0, 0.05) is 32.9 Å². The molecule has 1 saturated carbocycles. The standard InChI is InChI=1S/C15H21N5O2S/c1-3-23(21,22)20-7-12-11(13(12)8-20)6-19(2)15-10-4-5-16-14(10)17-9-18-15/h4-5,9,11-13H,3,6-8H2,1-2H3,(H,16,17,18)/t11-,12-,13+. The molecule has 3 heterocycles. The van der Waals surface area contributed by atoms with Crippen molar-refractivity contribution in [1.29, 1.82) is 0 Å². The Hall–Kier alpha value is -1.67. The van der Waals surface area contributed by atoms with E-state index in [-0.39, 0.29) is 5.75 Å². The summed E-state index contributed by atoms with van der Waals surface area (Å²) in [4.78, 5) is 13.9. The van der Waals surface area contributed by atoms with Crippen LogP contribution in [0.4, 0.5) is 5.82 Å². The van der Waals surface area contributed by atoms with Crippen LogP contribution in [0.2, 0.25) is 0 Å². The van der Waals surface area contributed by atoms with Crippen LogP contribution in [0.5, 0.6) is 0 Å². The highest BCUT2D eigenvalue weighted by atomic mass is 32.2.